The highest BCUT2D eigenvalue weighted by molar-refractivity contribution is 6.00. The van der Waals surface area contributed by atoms with Crippen molar-refractivity contribution in [1.29, 1.82) is 0 Å². The van der Waals surface area contributed by atoms with E-state index in [-0.39, 0.29) is 17.8 Å². The molecule has 0 saturated carbocycles. The number of carbonyl (C=O) groups excluding carboxylic acids is 1. The Morgan fingerprint density at radius 2 is 2.10 bits per heavy atom. The Balaban J connectivity index is 1.65. The van der Waals surface area contributed by atoms with Gasteiger partial charge in [0.15, 0.2) is 0 Å². The third-order valence-corrected chi connectivity index (χ3v) is 4.68. The number of anilines is 2. The third-order valence-electron chi connectivity index (χ3n) is 4.68. The standard InChI is InChI=1S/C20H25N5O5/c1-29-9-6-21-18-4-3-16(25(27)28)12-17(18)20(26)23-14-15-2-5-19(22-13-15)24-7-10-30-11-8-24/h2-5,12-13,21H,6-11,14H2,1H3,(H,23,26). The maximum absolute atomic E-state index is 12.7. The summed E-state index contributed by atoms with van der Waals surface area (Å²) >= 11 is 0. The lowest BCUT2D eigenvalue weighted by atomic mass is 10.1. The molecule has 10 heteroatoms. The molecule has 1 aliphatic rings. The van der Waals surface area contributed by atoms with Gasteiger partial charge in [-0.3, -0.25) is 14.9 Å². The van der Waals surface area contributed by atoms with E-state index in [0.29, 0.717) is 32.1 Å². The summed E-state index contributed by atoms with van der Waals surface area (Å²) in [6, 6.07) is 7.98. The number of hydrogen-bond donors (Lipinski definition) is 2. The first kappa shape index (κ1) is 21.5. The zero-order valence-corrected chi connectivity index (χ0v) is 16.8. The molecule has 2 aromatic rings. The quantitative estimate of drug-likeness (QED) is 0.362. The topological polar surface area (TPSA) is 119 Å². The van der Waals surface area contributed by atoms with Crippen molar-refractivity contribution >= 4 is 23.1 Å². The fourth-order valence-electron chi connectivity index (χ4n) is 3.05. The van der Waals surface area contributed by atoms with Gasteiger partial charge in [-0.05, 0) is 17.7 Å². The van der Waals surface area contributed by atoms with Crippen LogP contribution in [0.1, 0.15) is 15.9 Å². The van der Waals surface area contributed by atoms with Crippen molar-refractivity contribution in [3.8, 4) is 0 Å². The highest BCUT2D eigenvalue weighted by atomic mass is 16.6. The molecule has 2 heterocycles. The Morgan fingerprint density at radius 1 is 1.30 bits per heavy atom. The van der Waals surface area contributed by atoms with Crippen LogP contribution in [0.25, 0.3) is 0 Å². The van der Waals surface area contributed by atoms with Gasteiger partial charge in [0.2, 0.25) is 0 Å². The number of carbonyl (C=O) groups is 1. The van der Waals surface area contributed by atoms with Crippen molar-refractivity contribution in [3.05, 3.63) is 57.8 Å². The molecule has 0 atom stereocenters. The molecule has 1 fully saturated rings. The Kier molecular flexibility index (Phi) is 7.52. The summed E-state index contributed by atoms with van der Waals surface area (Å²) in [4.78, 5) is 29.9. The average molecular weight is 415 g/mol. The normalized spacial score (nSPS) is 13.7. The number of nitrogens with zero attached hydrogens (tertiary/aromatic N) is 3. The molecule has 0 unspecified atom stereocenters. The van der Waals surface area contributed by atoms with E-state index in [1.807, 2.05) is 12.1 Å². The van der Waals surface area contributed by atoms with Crippen LogP contribution < -0.4 is 15.5 Å². The number of nitrogens with one attached hydrogen (secondary N) is 2. The number of morpholine rings is 1. The van der Waals surface area contributed by atoms with Crippen LogP contribution in [0.4, 0.5) is 17.2 Å². The minimum atomic E-state index is -0.524. The van der Waals surface area contributed by atoms with Crippen LogP contribution in [0.2, 0.25) is 0 Å². The van der Waals surface area contributed by atoms with Gasteiger partial charge >= 0.3 is 0 Å². The maximum Gasteiger partial charge on any atom is 0.270 e. The lowest BCUT2D eigenvalue weighted by Gasteiger charge is -2.27. The first-order valence-electron chi connectivity index (χ1n) is 9.65. The molecule has 1 saturated heterocycles. The molecule has 160 valence electrons. The zero-order chi connectivity index (χ0) is 21.3. The summed E-state index contributed by atoms with van der Waals surface area (Å²) in [5, 5.41) is 17.0. The number of ether oxygens (including phenoxy) is 2. The second-order valence-corrected chi connectivity index (χ2v) is 6.71. The van der Waals surface area contributed by atoms with Gasteiger partial charge in [-0.25, -0.2) is 4.98 Å². The van der Waals surface area contributed by atoms with Crippen molar-refractivity contribution in [2.45, 2.75) is 6.54 Å². The summed E-state index contributed by atoms with van der Waals surface area (Å²) in [5.74, 6) is 0.465. The van der Waals surface area contributed by atoms with Gasteiger partial charge in [-0.2, -0.15) is 0 Å². The summed E-state index contributed by atoms with van der Waals surface area (Å²) in [6.07, 6.45) is 1.72. The van der Waals surface area contributed by atoms with Gasteiger partial charge in [0, 0.05) is 57.3 Å². The number of benzene rings is 1. The molecular formula is C20H25N5O5. The predicted octanol–water partition coefficient (Wildman–Crippen LogP) is 1.81. The molecule has 1 amide bonds. The van der Waals surface area contributed by atoms with Crippen molar-refractivity contribution in [3.63, 3.8) is 0 Å². The average Bonchev–Trinajstić information content (AvgIpc) is 2.78. The molecule has 3 rings (SSSR count). The van der Waals surface area contributed by atoms with Gasteiger partial charge < -0.3 is 25.0 Å². The Labute approximate surface area is 174 Å². The SMILES string of the molecule is COCCNc1ccc([N+](=O)[O-])cc1C(=O)NCc1ccc(N2CCOCC2)nc1. The van der Waals surface area contributed by atoms with Crippen LogP contribution in [0, 0.1) is 10.1 Å². The second-order valence-electron chi connectivity index (χ2n) is 6.71. The largest absolute Gasteiger partial charge is 0.383 e. The minimum Gasteiger partial charge on any atom is -0.383 e. The van der Waals surface area contributed by atoms with E-state index in [4.69, 9.17) is 9.47 Å². The van der Waals surface area contributed by atoms with Crippen LogP contribution in [0.3, 0.4) is 0 Å². The molecule has 2 N–H and O–H groups in total. The number of methoxy groups -OCH3 is 1. The number of nitro groups is 1. The third kappa shape index (κ3) is 5.65. The Morgan fingerprint density at radius 3 is 2.77 bits per heavy atom. The molecule has 0 radical (unpaired) electrons. The van der Waals surface area contributed by atoms with Crippen LogP contribution >= 0.6 is 0 Å². The first-order chi connectivity index (χ1) is 14.6. The van der Waals surface area contributed by atoms with Gasteiger partial charge in [0.25, 0.3) is 11.6 Å². The number of nitro benzene ring substituents is 1. The molecule has 1 aromatic heterocycles. The van der Waals surface area contributed by atoms with E-state index in [1.165, 1.54) is 18.2 Å². The van der Waals surface area contributed by atoms with E-state index in [0.717, 1.165) is 24.5 Å². The molecule has 0 spiro atoms. The summed E-state index contributed by atoms with van der Waals surface area (Å²) in [6.45, 7) is 4.15. The fraction of sp³-hybridized carbons (Fsp3) is 0.400. The minimum absolute atomic E-state index is 0.144. The lowest BCUT2D eigenvalue weighted by Crippen LogP contribution is -2.36. The number of rotatable bonds is 9. The molecule has 0 bridgehead atoms. The van der Waals surface area contributed by atoms with E-state index in [9.17, 15) is 14.9 Å². The monoisotopic (exact) mass is 415 g/mol. The predicted molar refractivity (Wildman–Crippen MR) is 112 cm³/mol. The van der Waals surface area contributed by atoms with Crippen molar-refractivity contribution in [2.75, 3.05) is 56.8 Å². The first-order valence-corrected chi connectivity index (χ1v) is 9.65. The summed E-state index contributed by atoms with van der Waals surface area (Å²) < 4.78 is 10.3. The number of amides is 1. The van der Waals surface area contributed by atoms with Gasteiger partial charge in [-0.1, -0.05) is 6.07 Å². The van der Waals surface area contributed by atoms with E-state index in [2.05, 4.69) is 20.5 Å². The van der Waals surface area contributed by atoms with Crippen molar-refractivity contribution < 1.29 is 19.2 Å². The molecule has 1 aliphatic heterocycles. The maximum atomic E-state index is 12.7. The fourth-order valence-corrected chi connectivity index (χ4v) is 3.05. The van der Waals surface area contributed by atoms with Crippen LogP contribution in [-0.2, 0) is 16.0 Å². The Hall–Kier alpha value is -3.24. The number of pyridine rings is 1. The second kappa shape index (κ2) is 10.5. The van der Waals surface area contributed by atoms with Gasteiger partial charge in [0.05, 0.1) is 30.3 Å². The van der Waals surface area contributed by atoms with Crippen molar-refractivity contribution in [1.82, 2.24) is 10.3 Å². The Bertz CT molecular complexity index is 868. The molecule has 30 heavy (non-hydrogen) atoms. The molecule has 1 aromatic carbocycles. The highest BCUT2D eigenvalue weighted by Gasteiger charge is 2.17. The van der Waals surface area contributed by atoms with E-state index >= 15 is 0 Å². The number of hydrogen-bond acceptors (Lipinski definition) is 8. The molecular weight excluding hydrogens is 390 g/mol. The zero-order valence-electron chi connectivity index (χ0n) is 16.8. The van der Waals surface area contributed by atoms with E-state index < -0.39 is 10.8 Å². The van der Waals surface area contributed by atoms with Crippen LogP contribution in [0.15, 0.2) is 36.5 Å². The van der Waals surface area contributed by atoms with Gasteiger partial charge in [0.1, 0.15) is 5.82 Å². The number of aromatic nitrogens is 1. The smallest absolute Gasteiger partial charge is 0.270 e. The molecule has 10 nitrogen and oxygen atoms in total. The summed E-state index contributed by atoms with van der Waals surface area (Å²) in [7, 11) is 1.57. The number of non-ortho nitro benzene ring substituents is 1. The summed E-state index contributed by atoms with van der Waals surface area (Å²) in [5.41, 5.74) is 1.41. The van der Waals surface area contributed by atoms with Gasteiger partial charge in [-0.15, -0.1) is 0 Å². The van der Waals surface area contributed by atoms with Crippen LogP contribution in [0.5, 0.6) is 0 Å². The lowest BCUT2D eigenvalue weighted by molar-refractivity contribution is -0.384. The molecule has 0 aliphatic carbocycles. The van der Waals surface area contributed by atoms with Crippen LogP contribution in [-0.4, -0.2) is 62.4 Å². The van der Waals surface area contributed by atoms with E-state index in [1.54, 1.807) is 13.3 Å². The highest BCUT2D eigenvalue weighted by Crippen LogP contribution is 2.22. The van der Waals surface area contributed by atoms with Crippen molar-refractivity contribution in [2.24, 2.45) is 0 Å².